The van der Waals surface area contributed by atoms with Gasteiger partial charge in [0.05, 0.1) is 0 Å². The van der Waals surface area contributed by atoms with Crippen LogP contribution in [0, 0.1) is 11.8 Å². The Balaban J connectivity index is 1.74. The van der Waals surface area contributed by atoms with Crippen LogP contribution in [0.2, 0.25) is 0 Å². The molecule has 0 bridgehead atoms. The molecule has 0 saturated carbocycles. The number of nitrogens with one attached hydrogen (secondary N) is 1. The van der Waals surface area contributed by atoms with Crippen LogP contribution in [0.25, 0.3) is 0 Å². The van der Waals surface area contributed by atoms with Gasteiger partial charge < -0.3 is 10.2 Å². The van der Waals surface area contributed by atoms with E-state index < -0.39 is 0 Å². The summed E-state index contributed by atoms with van der Waals surface area (Å²) in [6.07, 6.45) is 3.05. The fraction of sp³-hybridized carbons (Fsp3) is 0.750. The first-order chi connectivity index (χ1) is 8.59. The molecule has 2 aliphatic heterocycles. The van der Waals surface area contributed by atoms with E-state index in [1.165, 1.54) is 6.33 Å². The van der Waals surface area contributed by atoms with Gasteiger partial charge in [0, 0.05) is 25.2 Å². The van der Waals surface area contributed by atoms with Gasteiger partial charge in [0.25, 0.3) is 0 Å². The number of carbonyl (C=O) groups excluding carboxylic acids is 1. The van der Waals surface area contributed by atoms with Crippen molar-refractivity contribution in [3.63, 3.8) is 0 Å². The summed E-state index contributed by atoms with van der Waals surface area (Å²) >= 11 is 0. The molecule has 1 aromatic rings. The van der Waals surface area contributed by atoms with E-state index >= 15 is 0 Å². The van der Waals surface area contributed by atoms with Gasteiger partial charge >= 0.3 is 0 Å². The molecular weight excluding hydrogens is 230 g/mol. The fourth-order valence-electron chi connectivity index (χ4n) is 3.38. The Kier molecular flexibility index (Phi) is 2.62. The second-order valence-electron chi connectivity index (χ2n) is 5.78. The first-order valence-corrected chi connectivity index (χ1v) is 6.42. The maximum absolute atomic E-state index is 12.4. The summed E-state index contributed by atoms with van der Waals surface area (Å²) in [5.74, 6) is 1.30. The number of aromatic nitrogens is 3. The maximum Gasteiger partial charge on any atom is 0.244 e. The molecule has 2 unspecified atom stereocenters. The molecule has 18 heavy (non-hydrogen) atoms. The molecule has 2 saturated heterocycles. The lowest BCUT2D eigenvalue weighted by Crippen LogP contribution is -2.48. The molecule has 3 heterocycles. The zero-order valence-electron chi connectivity index (χ0n) is 10.8. The van der Waals surface area contributed by atoms with E-state index in [0.29, 0.717) is 11.8 Å². The van der Waals surface area contributed by atoms with Crippen LogP contribution >= 0.6 is 0 Å². The number of nitrogens with zero attached hydrogens (tertiary/aromatic N) is 4. The molecular formula is C12H19N5O. The van der Waals surface area contributed by atoms with Gasteiger partial charge in [0.15, 0.2) is 0 Å². The van der Waals surface area contributed by atoms with Crippen LogP contribution in [0.4, 0.5) is 0 Å². The molecule has 0 aromatic carbocycles. The molecule has 6 heteroatoms. The average molecular weight is 249 g/mol. The van der Waals surface area contributed by atoms with E-state index in [1.54, 1.807) is 11.0 Å². The monoisotopic (exact) mass is 249 g/mol. The normalized spacial score (nSPS) is 29.6. The molecule has 2 fully saturated rings. The maximum atomic E-state index is 12.4. The molecule has 0 spiro atoms. The predicted molar refractivity (Wildman–Crippen MR) is 65.7 cm³/mol. The number of amides is 1. The van der Waals surface area contributed by atoms with E-state index in [4.69, 9.17) is 0 Å². The Morgan fingerprint density at radius 3 is 3.00 bits per heavy atom. The van der Waals surface area contributed by atoms with Crippen LogP contribution in [0.5, 0.6) is 0 Å². The first kappa shape index (κ1) is 11.6. The molecule has 2 aliphatic rings. The average Bonchev–Trinajstić information content (AvgIpc) is 2.98. The number of fused-ring (bicyclic) bond motifs is 1. The number of rotatable bonds is 2. The van der Waals surface area contributed by atoms with Crippen molar-refractivity contribution < 1.29 is 4.79 Å². The third kappa shape index (κ3) is 1.71. The Morgan fingerprint density at radius 2 is 2.33 bits per heavy atom. The molecule has 2 atom stereocenters. The molecule has 1 aromatic heterocycles. The van der Waals surface area contributed by atoms with E-state index in [-0.39, 0.29) is 18.0 Å². The van der Waals surface area contributed by atoms with Crippen molar-refractivity contribution in [1.82, 2.24) is 25.0 Å². The van der Waals surface area contributed by atoms with Crippen molar-refractivity contribution in [2.45, 2.75) is 25.9 Å². The van der Waals surface area contributed by atoms with Crippen molar-refractivity contribution in [2.75, 3.05) is 19.6 Å². The third-order valence-electron chi connectivity index (χ3n) is 4.42. The van der Waals surface area contributed by atoms with Gasteiger partial charge in [-0.25, -0.2) is 9.67 Å². The summed E-state index contributed by atoms with van der Waals surface area (Å²) in [6, 6.07) is 0. The van der Waals surface area contributed by atoms with Crippen molar-refractivity contribution >= 4 is 5.91 Å². The van der Waals surface area contributed by atoms with E-state index in [2.05, 4.69) is 29.2 Å². The van der Waals surface area contributed by atoms with Crippen LogP contribution < -0.4 is 5.32 Å². The number of likely N-dealkylation sites (tertiary alicyclic amines) is 1. The molecule has 1 amide bonds. The Bertz CT molecular complexity index is 441. The minimum atomic E-state index is -0.0637. The van der Waals surface area contributed by atoms with Gasteiger partial charge in [-0.05, 0) is 25.7 Å². The van der Waals surface area contributed by atoms with Crippen molar-refractivity contribution in [2.24, 2.45) is 11.8 Å². The minimum absolute atomic E-state index is 0.0637. The molecule has 1 N–H and O–H groups in total. The van der Waals surface area contributed by atoms with Crippen molar-refractivity contribution in [3.8, 4) is 0 Å². The lowest BCUT2D eigenvalue weighted by atomic mass is 9.85. The lowest BCUT2D eigenvalue weighted by molar-refractivity contribution is -0.136. The van der Waals surface area contributed by atoms with Gasteiger partial charge in [-0.3, -0.25) is 4.79 Å². The predicted octanol–water partition coefficient (Wildman–Crippen LogP) is -0.265. The molecule has 6 nitrogen and oxygen atoms in total. The first-order valence-electron chi connectivity index (χ1n) is 6.42. The van der Waals surface area contributed by atoms with Gasteiger partial charge in [-0.15, -0.1) is 0 Å². The standard InChI is InChI=1S/C12H19N5O/c1-12(2)10-4-13-3-9(10)5-17(12)11(18)6-16-8-14-7-15-16/h7-10,13H,3-6H2,1-2H3. The van der Waals surface area contributed by atoms with E-state index in [1.807, 2.05) is 4.90 Å². The number of hydrogen-bond donors (Lipinski definition) is 1. The summed E-state index contributed by atoms with van der Waals surface area (Å²) in [6.45, 7) is 7.54. The van der Waals surface area contributed by atoms with Crippen LogP contribution in [-0.4, -0.2) is 50.7 Å². The number of hydrogen-bond acceptors (Lipinski definition) is 4. The highest BCUT2D eigenvalue weighted by atomic mass is 16.2. The zero-order chi connectivity index (χ0) is 12.8. The minimum Gasteiger partial charge on any atom is -0.335 e. The fourth-order valence-corrected chi connectivity index (χ4v) is 3.38. The Morgan fingerprint density at radius 1 is 1.50 bits per heavy atom. The van der Waals surface area contributed by atoms with Crippen LogP contribution in [0.3, 0.4) is 0 Å². The van der Waals surface area contributed by atoms with Gasteiger partial charge in [0.2, 0.25) is 5.91 Å². The van der Waals surface area contributed by atoms with E-state index in [9.17, 15) is 4.79 Å². The second kappa shape index (κ2) is 4.05. The Labute approximate surface area is 106 Å². The lowest BCUT2D eigenvalue weighted by Gasteiger charge is -2.35. The van der Waals surface area contributed by atoms with Crippen LogP contribution in [0.1, 0.15) is 13.8 Å². The summed E-state index contributed by atoms with van der Waals surface area (Å²) in [4.78, 5) is 18.3. The van der Waals surface area contributed by atoms with Crippen molar-refractivity contribution in [1.29, 1.82) is 0 Å². The smallest absolute Gasteiger partial charge is 0.244 e. The third-order valence-corrected chi connectivity index (χ3v) is 4.42. The molecule has 3 rings (SSSR count). The molecule has 0 radical (unpaired) electrons. The zero-order valence-corrected chi connectivity index (χ0v) is 10.8. The highest BCUT2D eigenvalue weighted by Crippen LogP contribution is 2.40. The summed E-state index contributed by atoms with van der Waals surface area (Å²) < 4.78 is 1.59. The largest absolute Gasteiger partial charge is 0.335 e. The van der Waals surface area contributed by atoms with Crippen LogP contribution in [0.15, 0.2) is 12.7 Å². The quantitative estimate of drug-likeness (QED) is 0.784. The second-order valence-corrected chi connectivity index (χ2v) is 5.78. The van der Waals surface area contributed by atoms with Gasteiger partial charge in [-0.2, -0.15) is 5.10 Å². The van der Waals surface area contributed by atoms with Gasteiger partial charge in [-0.1, -0.05) is 0 Å². The molecule has 0 aliphatic carbocycles. The van der Waals surface area contributed by atoms with Crippen molar-refractivity contribution in [3.05, 3.63) is 12.7 Å². The van der Waals surface area contributed by atoms with E-state index in [0.717, 1.165) is 19.6 Å². The van der Waals surface area contributed by atoms with Gasteiger partial charge in [0.1, 0.15) is 19.2 Å². The SMILES string of the molecule is CC1(C)C2CNCC2CN1C(=O)Cn1cncn1. The molecule has 98 valence electrons. The highest BCUT2D eigenvalue weighted by Gasteiger charge is 2.51. The topological polar surface area (TPSA) is 63.1 Å². The van der Waals surface area contributed by atoms with Crippen LogP contribution in [-0.2, 0) is 11.3 Å². The summed E-state index contributed by atoms with van der Waals surface area (Å²) in [5.41, 5.74) is -0.0637. The summed E-state index contributed by atoms with van der Waals surface area (Å²) in [7, 11) is 0. The summed E-state index contributed by atoms with van der Waals surface area (Å²) in [5, 5.41) is 7.41. The number of carbonyl (C=O) groups is 1. The Hall–Kier alpha value is -1.43. The highest BCUT2D eigenvalue weighted by molar-refractivity contribution is 5.77.